The number of pyridine rings is 1. The second kappa shape index (κ2) is 8.41. The van der Waals surface area contributed by atoms with Crippen LogP contribution in [0.4, 0.5) is 0 Å². The van der Waals surface area contributed by atoms with Crippen LogP contribution in [0.5, 0.6) is 0 Å². The number of ether oxygens (including phenoxy) is 1. The van der Waals surface area contributed by atoms with Crippen LogP contribution in [0.2, 0.25) is 0 Å². The van der Waals surface area contributed by atoms with Crippen molar-refractivity contribution in [3.05, 3.63) is 89.2 Å². The van der Waals surface area contributed by atoms with Gasteiger partial charge in [0.15, 0.2) is 5.60 Å². The molecule has 1 fully saturated rings. The van der Waals surface area contributed by atoms with Gasteiger partial charge in [-0.15, -0.1) is 0 Å². The fourth-order valence-corrected chi connectivity index (χ4v) is 4.83. The maximum atomic E-state index is 13.3. The number of esters is 1. The molecule has 0 radical (unpaired) electrons. The first-order chi connectivity index (χ1) is 16.4. The standard InChI is InChI=1S/C27H25N3O4/c1-17(18-7-9-19(10-8-18)20-11-12-23(29-15-20)24(31)28-2)25(32)30-14-13-27(16-30)22-6-4-3-5-21(22)26(33)34-27/h3-12,15,17H,13-14,16H2,1-2H3,(H,28,31). The average molecular weight is 456 g/mol. The van der Waals surface area contributed by atoms with E-state index in [0.717, 1.165) is 22.3 Å². The summed E-state index contributed by atoms with van der Waals surface area (Å²) in [5.41, 5.74) is 3.85. The van der Waals surface area contributed by atoms with Gasteiger partial charge >= 0.3 is 5.97 Å². The number of hydrogen-bond acceptors (Lipinski definition) is 5. The highest BCUT2D eigenvalue weighted by Gasteiger charge is 2.51. The zero-order chi connectivity index (χ0) is 23.9. The third-order valence-corrected chi connectivity index (χ3v) is 6.81. The third kappa shape index (κ3) is 3.63. The molecule has 2 aliphatic heterocycles. The van der Waals surface area contributed by atoms with Gasteiger partial charge in [0, 0.05) is 37.3 Å². The number of carbonyl (C=O) groups excluding carboxylic acids is 3. The minimum absolute atomic E-state index is 0.0154. The fourth-order valence-electron chi connectivity index (χ4n) is 4.83. The van der Waals surface area contributed by atoms with E-state index in [1.807, 2.05) is 55.5 Å². The van der Waals surface area contributed by atoms with E-state index in [4.69, 9.17) is 4.74 Å². The molecule has 3 heterocycles. The van der Waals surface area contributed by atoms with Gasteiger partial charge in [0.05, 0.1) is 18.0 Å². The van der Waals surface area contributed by atoms with Crippen molar-refractivity contribution in [3.63, 3.8) is 0 Å². The van der Waals surface area contributed by atoms with Crippen LogP contribution < -0.4 is 5.32 Å². The number of nitrogens with one attached hydrogen (secondary N) is 1. The third-order valence-electron chi connectivity index (χ3n) is 6.81. The first-order valence-corrected chi connectivity index (χ1v) is 11.3. The molecule has 2 aromatic carbocycles. The van der Waals surface area contributed by atoms with Crippen LogP contribution in [0.3, 0.4) is 0 Å². The zero-order valence-electron chi connectivity index (χ0n) is 19.1. The Labute approximate surface area is 197 Å². The zero-order valence-corrected chi connectivity index (χ0v) is 19.1. The van der Waals surface area contributed by atoms with Crippen molar-refractivity contribution in [1.82, 2.24) is 15.2 Å². The number of benzene rings is 2. The van der Waals surface area contributed by atoms with Crippen molar-refractivity contribution >= 4 is 17.8 Å². The summed E-state index contributed by atoms with van der Waals surface area (Å²) in [5.74, 6) is -0.855. The molecule has 2 atom stereocenters. The van der Waals surface area contributed by atoms with Crippen LogP contribution in [-0.2, 0) is 15.1 Å². The molecule has 2 amide bonds. The summed E-state index contributed by atoms with van der Waals surface area (Å²) in [5, 5.41) is 2.56. The maximum Gasteiger partial charge on any atom is 0.339 e. The lowest BCUT2D eigenvalue weighted by Gasteiger charge is -2.25. The SMILES string of the molecule is CNC(=O)c1ccc(-c2ccc(C(C)C(=O)N3CCC4(C3)OC(=O)c3ccccc34)cc2)cn1. The van der Waals surface area contributed by atoms with Gasteiger partial charge in [-0.25, -0.2) is 4.79 Å². The topological polar surface area (TPSA) is 88.6 Å². The molecule has 0 bridgehead atoms. The van der Waals surface area contributed by atoms with Crippen molar-refractivity contribution in [1.29, 1.82) is 0 Å². The normalized spacial score (nSPS) is 19.6. The molecule has 7 nitrogen and oxygen atoms in total. The number of carbonyl (C=O) groups is 3. The van der Waals surface area contributed by atoms with Gasteiger partial charge in [-0.1, -0.05) is 48.5 Å². The van der Waals surface area contributed by atoms with E-state index in [-0.39, 0.29) is 23.7 Å². The van der Waals surface area contributed by atoms with Crippen LogP contribution in [0.25, 0.3) is 11.1 Å². The highest BCUT2D eigenvalue weighted by atomic mass is 16.6. The Bertz CT molecular complexity index is 1270. The van der Waals surface area contributed by atoms with Gasteiger partial charge in [0.25, 0.3) is 5.91 Å². The molecule has 7 heteroatoms. The summed E-state index contributed by atoms with van der Waals surface area (Å²) in [4.78, 5) is 43.3. The van der Waals surface area contributed by atoms with Crippen LogP contribution in [0, 0.1) is 0 Å². The number of amides is 2. The van der Waals surface area contributed by atoms with Crippen molar-refractivity contribution in [3.8, 4) is 11.1 Å². The molecule has 34 heavy (non-hydrogen) atoms. The average Bonchev–Trinajstić information content (AvgIpc) is 3.44. The Morgan fingerprint density at radius 3 is 2.50 bits per heavy atom. The van der Waals surface area contributed by atoms with Gasteiger partial charge in [-0.3, -0.25) is 14.6 Å². The molecule has 0 saturated carbocycles. The van der Waals surface area contributed by atoms with E-state index < -0.39 is 5.60 Å². The largest absolute Gasteiger partial charge is 0.449 e. The molecular formula is C27H25N3O4. The lowest BCUT2D eigenvalue weighted by molar-refractivity contribution is -0.132. The van der Waals surface area contributed by atoms with Crippen LogP contribution in [0.15, 0.2) is 66.9 Å². The van der Waals surface area contributed by atoms with E-state index in [1.165, 1.54) is 0 Å². The van der Waals surface area contributed by atoms with Crippen molar-refractivity contribution < 1.29 is 19.1 Å². The van der Waals surface area contributed by atoms with Gasteiger partial charge in [-0.2, -0.15) is 0 Å². The van der Waals surface area contributed by atoms with E-state index in [2.05, 4.69) is 10.3 Å². The predicted octanol–water partition coefficient (Wildman–Crippen LogP) is 3.51. The summed E-state index contributed by atoms with van der Waals surface area (Å²) in [6, 6.07) is 18.8. The Kier molecular flexibility index (Phi) is 5.40. The van der Waals surface area contributed by atoms with E-state index in [9.17, 15) is 14.4 Å². The van der Waals surface area contributed by atoms with E-state index in [1.54, 1.807) is 30.3 Å². The number of aromatic nitrogens is 1. The van der Waals surface area contributed by atoms with Crippen LogP contribution in [-0.4, -0.2) is 47.8 Å². The van der Waals surface area contributed by atoms with Gasteiger partial charge in [0.2, 0.25) is 5.91 Å². The van der Waals surface area contributed by atoms with E-state index >= 15 is 0 Å². The van der Waals surface area contributed by atoms with Crippen LogP contribution >= 0.6 is 0 Å². The Morgan fingerprint density at radius 1 is 1.06 bits per heavy atom. The molecule has 2 aliphatic rings. The predicted molar refractivity (Wildman–Crippen MR) is 126 cm³/mol. The van der Waals surface area contributed by atoms with E-state index in [0.29, 0.717) is 30.8 Å². The lowest BCUT2D eigenvalue weighted by atomic mass is 9.91. The quantitative estimate of drug-likeness (QED) is 0.609. The summed E-state index contributed by atoms with van der Waals surface area (Å²) in [7, 11) is 1.57. The first kappa shape index (κ1) is 21.8. The number of hydrogen-bond donors (Lipinski definition) is 1. The molecule has 5 rings (SSSR count). The second-order valence-electron chi connectivity index (χ2n) is 8.79. The summed E-state index contributed by atoms with van der Waals surface area (Å²) < 4.78 is 5.78. The Balaban J connectivity index is 1.29. The molecule has 1 N–H and O–H groups in total. The minimum Gasteiger partial charge on any atom is -0.449 e. The molecule has 172 valence electrons. The van der Waals surface area contributed by atoms with Gasteiger partial charge < -0.3 is 15.0 Å². The highest BCUT2D eigenvalue weighted by molar-refractivity contribution is 5.95. The molecule has 1 spiro atoms. The first-order valence-electron chi connectivity index (χ1n) is 11.3. The maximum absolute atomic E-state index is 13.3. The minimum atomic E-state index is -0.735. The van der Waals surface area contributed by atoms with Gasteiger partial charge in [-0.05, 0) is 30.2 Å². The molecule has 0 aliphatic carbocycles. The second-order valence-corrected chi connectivity index (χ2v) is 8.79. The Hall–Kier alpha value is -4.00. The van der Waals surface area contributed by atoms with Crippen LogP contribution in [0.1, 0.15) is 51.2 Å². The Morgan fingerprint density at radius 2 is 1.79 bits per heavy atom. The monoisotopic (exact) mass is 455 g/mol. The summed E-state index contributed by atoms with van der Waals surface area (Å²) in [6.07, 6.45) is 2.27. The number of likely N-dealkylation sites (tertiary alicyclic amines) is 1. The molecule has 1 aromatic heterocycles. The molecule has 3 aromatic rings. The highest BCUT2D eigenvalue weighted by Crippen LogP contribution is 2.43. The smallest absolute Gasteiger partial charge is 0.339 e. The summed E-state index contributed by atoms with van der Waals surface area (Å²) in [6.45, 7) is 2.82. The number of fused-ring (bicyclic) bond motifs is 2. The summed E-state index contributed by atoms with van der Waals surface area (Å²) >= 11 is 0. The molecular weight excluding hydrogens is 430 g/mol. The number of nitrogens with zero attached hydrogens (tertiary/aromatic N) is 2. The van der Waals surface area contributed by atoms with Crippen molar-refractivity contribution in [2.75, 3.05) is 20.1 Å². The lowest BCUT2D eigenvalue weighted by Crippen LogP contribution is -2.36. The fraction of sp³-hybridized carbons (Fsp3) is 0.259. The van der Waals surface area contributed by atoms with Gasteiger partial charge in [0.1, 0.15) is 5.69 Å². The molecule has 1 saturated heterocycles. The number of rotatable bonds is 4. The van der Waals surface area contributed by atoms with Crippen molar-refractivity contribution in [2.24, 2.45) is 0 Å². The molecule has 2 unspecified atom stereocenters. The van der Waals surface area contributed by atoms with Crippen molar-refractivity contribution in [2.45, 2.75) is 24.9 Å².